The predicted octanol–water partition coefficient (Wildman–Crippen LogP) is 3.77. The van der Waals surface area contributed by atoms with Gasteiger partial charge in [0.15, 0.2) is 0 Å². The molecule has 0 aromatic rings. The zero-order valence-electron chi connectivity index (χ0n) is 9.22. The van der Waals surface area contributed by atoms with E-state index in [2.05, 4.69) is 13.8 Å². The molecule has 0 spiro atoms. The van der Waals surface area contributed by atoms with Crippen LogP contribution in [0.1, 0.15) is 58.8 Å². The minimum absolute atomic E-state index is 0.592. The van der Waals surface area contributed by atoms with Crippen LogP contribution in [0.3, 0.4) is 0 Å². The summed E-state index contributed by atoms with van der Waals surface area (Å²) >= 11 is 0. The normalized spacial score (nSPS) is 29.1. The number of ether oxygens (including phenoxy) is 1. The molecular formula is C12H24O. The number of rotatable bonds is 5. The smallest absolute Gasteiger partial charge is 0.0575 e. The van der Waals surface area contributed by atoms with Gasteiger partial charge in [-0.05, 0) is 25.2 Å². The molecule has 78 valence electrons. The van der Waals surface area contributed by atoms with Crippen molar-refractivity contribution in [2.75, 3.05) is 6.61 Å². The molecule has 1 heterocycles. The van der Waals surface area contributed by atoms with Gasteiger partial charge in [-0.25, -0.2) is 0 Å². The van der Waals surface area contributed by atoms with E-state index in [1.807, 2.05) is 0 Å². The highest BCUT2D eigenvalue weighted by Gasteiger charge is 2.19. The van der Waals surface area contributed by atoms with Gasteiger partial charge in [-0.3, -0.25) is 0 Å². The van der Waals surface area contributed by atoms with E-state index < -0.39 is 0 Å². The van der Waals surface area contributed by atoms with Crippen LogP contribution in [0.2, 0.25) is 0 Å². The maximum atomic E-state index is 5.83. The van der Waals surface area contributed by atoms with Crippen molar-refractivity contribution in [2.24, 2.45) is 5.92 Å². The molecule has 13 heavy (non-hydrogen) atoms. The zero-order chi connectivity index (χ0) is 9.52. The van der Waals surface area contributed by atoms with Crippen molar-refractivity contribution in [1.29, 1.82) is 0 Å². The maximum Gasteiger partial charge on any atom is 0.0575 e. The lowest BCUT2D eigenvalue weighted by Gasteiger charge is -2.28. The molecule has 1 fully saturated rings. The van der Waals surface area contributed by atoms with E-state index in [1.165, 1.54) is 44.9 Å². The van der Waals surface area contributed by atoms with Gasteiger partial charge in [0.1, 0.15) is 0 Å². The summed E-state index contributed by atoms with van der Waals surface area (Å²) in [7, 11) is 0. The third kappa shape index (κ3) is 4.12. The van der Waals surface area contributed by atoms with Crippen molar-refractivity contribution in [3.63, 3.8) is 0 Å². The first-order chi connectivity index (χ1) is 6.36. The van der Waals surface area contributed by atoms with Crippen LogP contribution in [-0.2, 0) is 4.74 Å². The second-order valence-corrected chi connectivity index (χ2v) is 4.30. The fraction of sp³-hybridized carbons (Fsp3) is 1.00. The standard InChI is InChI=1S/C12H24O/c1-3-5-6-7-12-9-8-11(4-2)10-13-12/h11-12H,3-10H2,1-2H3. The van der Waals surface area contributed by atoms with Gasteiger partial charge in [-0.1, -0.05) is 39.5 Å². The van der Waals surface area contributed by atoms with Gasteiger partial charge >= 0.3 is 0 Å². The molecule has 0 saturated carbocycles. The summed E-state index contributed by atoms with van der Waals surface area (Å²) in [6.07, 6.45) is 9.94. The number of unbranched alkanes of at least 4 members (excludes halogenated alkanes) is 2. The van der Waals surface area contributed by atoms with Crippen LogP contribution >= 0.6 is 0 Å². The molecule has 1 aliphatic heterocycles. The minimum Gasteiger partial charge on any atom is -0.378 e. The van der Waals surface area contributed by atoms with E-state index in [4.69, 9.17) is 4.74 Å². The molecule has 0 N–H and O–H groups in total. The van der Waals surface area contributed by atoms with E-state index >= 15 is 0 Å². The van der Waals surface area contributed by atoms with Crippen molar-refractivity contribution >= 4 is 0 Å². The molecule has 0 aromatic carbocycles. The van der Waals surface area contributed by atoms with E-state index in [0.29, 0.717) is 6.10 Å². The average molecular weight is 184 g/mol. The van der Waals surface area contributed by atoms with E-state index in [0.717, 1.165) is 12.5 Å². The largest absolute Gasteiger partial charge is 0.378 e. The van der Waals surface area contributed by atoms with Crippen molar-refractivity contribution in [3.8, 4) is 0 Å². The Morgan fingerprint density at radius 3 is 2.54 bits per heavy atom. The lowest BCUT2D eigenvalue weighted by Crippen LogP contribution is -2.25. The monoisotopic (exact) mass is 184 g/mol. The zero-order valence-corrected chi connectivity index (χ0v) is 9.22. The maximum absolute atomic E-state index is 5.83. The molecule has 0 amide bonds. The Balaban J connectivity index is 2.03. The lowest BCUT2D eigenvalue weighted by atomic mass is 9.94. The molecular weight excluding hydrogens is 160 g/mol. The predicted molar refractivity (Wildman–Crippen MR) is 56.9 cm³/mol. The topological polar surface area (TPSA) is 9.23 Å². The molecule has 0 aliphatic carbocycles. The van der Waals surface area contributed by atoms with Gasteiger partial charge in [0.25, 0.3) is 0 Å². The van der Waals surface area contributed by atoms with Gasteiger partial charge in [0.2, 0.25) is 0 Å². The van der Waals surface area contributed by atoms with E-state index in [-0.39, 0.29) is 0 Å². The van der Waals surface area contributed by atoms with Crippen LogP contribution < -0.4 is 0 Å². The Morgan fingerprint density at radius 1 is 1.15 bits per heavy atom. The molecule has 1 rings (SSSR count). The average Bonchev–Trinajstić information content (AvgIpc) is 2.19. The highest BCUT2D eigenvalue weighted by atomic mass is 16.5. The molecule has 1 saturated heterocycles. The van der Waals surface area contributed by atoms with Crippen LogP contribution in [-0.4, -0.2) is 12.7 Å². The van der Waals surface area contributed by atoms with E-state index in [9.17, 15) is 0 Å². The van der Waals surface area contributed by atoms with Crippen LogP contribution in [0.4, 0.5) is 0 Å². The summed E-state index contributed by atoms with van der Waals surface area (Å²) in [6, 6.07) is 0. The van der Waals surface area contributed by atoms with Crippen LogP contribution in [0.25, 0.3) is 0 Å². The molecule has 1 aliphatic rings. The van der Waals surface area contributed by atoms with Gasteiger partial charge in [0.05, 0.1) is 6.10 Å². The summed E-state index contributed by atoms with van der Waals surface area (Å²) in [5, 5.41) is 0. The Bertz CT molecular complexity index is 112. The fourth-order valence-corrected chi connectivity index (χ4v) is 2.03. The highest BCUT2D eigenvalue weighted by Crippen LogP contribution is 2.24. The van der Waals surface area contributed by atoms with Crippen LogP contribution in [0.5, 0.6) is 0 Å². The summed E-state index contributed by atoms with van der Waals surface area (Å²) in [4.78, 5) is 0. The van der Waals surface area contributed by atoms with Crippen molar-refractivity contribution < 1.29 is 4.74 Å². The summed E-state index contributed by atoms with van der Waals surface area (Å²) in [5.41, 5.74) is 0. The van der Waals surface area contributed by atoms with Crippen molar-refractivity contribution in [2.45, 2.75) is 64.9 Å². The molecule has 0 aromatic heterocycles. The molecule has 1 heteroatoms. The summed E-state index contributed by atoms with van der Waals surface area (Å²) in [6.45, 7) is 5.55. The summed E-state index contributed by atoms with van der Waals surface area (Å²) < 4.78 is 5.83. The van der Waals surface area contributed by atoms with Gasteiger partial charge in [0, 0.05) is 6.61 Å². The Hall–Kier alpha value is -0.0400. The van der Waals surface area contributed by atoms with Gasteiger partial charge in [-0.15, -0.1) is 0 Å². The first-order valence-corrected chi connectivity index (χ1v) is 5.98. The van der Waals surface area contributed by atoms with Crippen LogP contribution in [0, 0.1) is 5.92 Å². The Labute approximate surface area is 82.9 Å². The van der Waals surface area contributed by atoms with Gasteiger partial charge < -0.3 is 4.74 Å². The molecule has 2 unspecified atom stereocenters. The van der Waals surface area contributed by atoms with E-state index in [1.54, 1.807) is 0 Å². The highest BCUT2D eigenvalue weighted by molar-refractivity contribution is 4.69. The van der Waals surface area contributed by atoms with Crippen LogP contribution in [0.15, 0.2) is 0 Å². The Morgan fingerprint density at radius 2 is 2.00 bits per heavy atom. The van der Waals surface area contributed by atoms with Crippen molar-refractivity contribution in [3.05, 3.63) is 0 Å². The molecule has 1 nitrogen and oxygen atoms in total. The number of hydrogen-bond donors (Lipinski definition) is 0. The quantitative estimate of drug-likeness (QED) is 0.591. The molecule has 2 atom stereocenters. The second-order valence-electron chi connectivity index (χ2n) is 4.30. The number of hydrogen-bond acceptors (Lipinski definition) is 1. The summed E-state index contributed by atoms with van der Waals surface area (Å²) in [5.74, 6) is 0.849. The lowest BCUT2D eigenvalue weighted by molar-refractivity contribution is -0.0215. The van der Waals surface area contributed by atoms with Crippen molar-refractivity contribution in [1.82, 2.24) is 0 Å². The molecule has 0 radical (unpaired) electrons. The Kier molecular flexibility index (Phi) is 5.45. The second kappa shape index (κ2) is 6.42. The fourth-order valence-electron chi connectivity index (χ4n) is 2.03. The molecule has 0 bridgehead atoms. The third-order valence-corrected chi connectivity index (χ3v) is 3.17. The first kappa shape index (κ1) is 11.0. The minimum atomic E-state index is 0.592. The third-order valence-electron chi connectivity index (χ3n) is 3.17. The SMILES string of the molecule is CCCCCC1CCC(CC)CO1. The van der Waals surface area contributed by atoms with Gasteiger partial charge in [-0.2, -0.15) is 0 Å². The first-order valence-electron chi connectivity index (χ1n) is 5.98.